The van der Waals surface area contributed by atoms with E-state index >= 15 is 0 Å². The first-order valence-corrected chi connectivity index (χ1v) is 15.0. The first kappa shape index (κ1) is 28.9. The molecule has 1 aliphatic carbocycles. The van der Waals surface area contributed by atoms with Crippen LogP contribution in [0.25, 0.3) is 16.6 Å². The van der Waals surface area contributed by atoms with Gasteiger partial charge in [-0.25, -0.2) is 9.78 Å². The minimum absolute atomic E-state index is 0.214. The standard InChI is InChI=1S/C31H40N8O4/c1-31(2,3)43-30(41)37-14-12-36(13-15-37)19-21-7-9-23(10-8-21)38-20-22-16-24(26(42-4)17-25(22)35-38)29(40)34-28-18-32-27-6-5-11-33-39(27)28/h5-6,11,16-18,20-21,23H,7-10,12-15,19H2,1-4H3,(H,34,40). The molecule has 12 heteroatoms. The van der Waals surface area contributed by atoms with E-state index in [4.69, 9.17) is 14.6 Å². The molecular formula is C31H40N8O4. The third-order valence-corrected chi connectivity index (χ3v) is 8.34. The molecule has 2 fully saturated rings. The van der Waals surface area contributed by atoms with Gasteiger partial charge in [0.15, 0.2) is 11.5 Å². The van der Waals surface area contributed by atoms with Gasteiger partial charge in [0.2, 0.25) is 0 Å². The van der Waals surface area contributed by atoms with E-state index in [-0.39, 0.29) is 12.0 Å². The Bertz CT molecular complexity index is 1610. The Kier molecular flexibility index (Phi) is 7.95. The van der Waals surface area contributed by atoms with Gasteiger partial charge in [-0.2, -0.15) is 14.7 Å². The highest BCUT2D eigenvalue weighted by Crippen LogP contribution is 2.34. The van der Waals surface area contributed by atoms with Crippen LogP contribution in [0.1, 0.15) is 62.9 Å². The van der Waals surface area contributed by atoms with Crippen molar-refractivity contribution in [3.05, 3.63) is 48.4 Å². The minimum Gasteiger partial charge on any atom is -0.496 e. The van der Waals surface area contributed by atoms with Gasteiger partial charge in [0.25, 0.3) is 5.91 Å². The van der Waals surface area contributed by atoms with Crippen molar-refractivity contribution >= 4 is 34.4 Å². The Balaban J connectivity index is 1.05. The van der Waals surface area contributed by atoms with Crippen LogP contribution in [-0.4, -0.2) is 91.6 Å². The first-order valence-electron chi connectivity index (χ1n) is 15.0. The molecule has 0 unspecified atom stereocenters. The fraction of sp³-hybridized carbons (Fsp3) is 0.516. The van der Waals surface area contributed by atoms with Crippen LogP contribution in [0.5, 0.6) is 5.75 Å². The Hall–Kier alpha value is -4.19. The number of rotatable bonds is 6. The van der Waals surface area contributed by atoms with Crippen molar-refractivity contribution in [2.24, 2.45) is 5.92 Å². The van der Waals surface area contributed by atoms with Crippen molar-refractivity contribution in [2.45, 2.75) is 58.1 Å². The fourth-order valence-electron chi connectivity index (χ4n) is 6.10. The summed E-state index contributed by atoms with van der Waals surface area (Å²) in [5.74, 6) is 1.29. The normalized spacial score (nSPS) is 20.0. The molecule has 4 aromatic rings. The topological polar surface area (TPSA) is 119 Å². The van der Waals surface area contributed by atoms with Crippen LogP contribution >= 0.6 is 0 Å². The number of nitrogens with one attached hydrogen (secondary N) is 1. The minimum atomic E-state index is -0.467. The van der Waals surface area contributed by atoms with Gasteiger partial charge in [0.05, 0.1) is 30.4 Å². The van der Waals surface area contributed by atoms with Gasteiger partial charge < -0.3 is 19.7 Å². The molecule has 0 radical (unpaired) electrons. The number of anilines is 1. The number of nitrogens with zero attached hydrogens (tertiary/aromatic N) is 7. The van der Waals surface area contributed by atoms with Crippen LogP contribution in [-0.2, 0) is 4.74 Å². The van der Waals surface area contributed by atoms with Gasteiger partial charge in [-0.1, -0.05) is 0 Å². The Morgan fingerprint density at radius 3 is 2.56 bits per heavy atom. The SMILES string of the molecule is COc1cc2nn(C3CCC(CN4CCN(C(=O)OC(C)(C)C)CC4)CC3)cc2cc1C(=O)Nc1cnc2cccnn12. The van der Waals surface area contributed by atoms with E-state index in [1.54, 1.807) is 30.1 Å². The number of fused-ring (bicyclic) bond motifs is 2. The number of methoxy groups -OCH3 is 1. The third kappa shape index (κ3) is 6.43. The second kappa shape index (κ2) is 11.8. The molecule has 3 aromatic heterocycles. The number of hydrogen-bond donors (Lipinski definition) is 1. The number of aromatic nitrogens is 5. The lowest BCUT2D eigenvalue weighted by Crippen LogP contribution is -2.51. The molecule has 6 rings (SSSR count). The lowest BCUT2D eigenvalue weighted by atomic mass is 9.85. The van der Waals surface area contributed by atoms with Crippen LogP contribution in [0.2, 0.25) is 0 Å². The Labute approximate surface area is 250 Å². The average Bonchev–Trinajstić information content (AvgIpc) is 3.60. The molecule has 4 heterocycles. The molecule has 228 valence electrons. The summed E-state index contributed by atoms with van der Waals surface area (Å²) in [6, 6.07) is 7.61. The number of carbonyl (C=O) groups is 2. The van der Waals surface area contributed by atoms with Crippen LogP contribution < -0.4 is 10.1 Å². The van der Waals surface area contributed by atoms with Gasteiger partial charge in [0.1, 0.15) is 11.4 Å². The largest absolute Gasteiger partial charge is 0.496 e. The summed E-state index contributed by atoms with van der Waals surface area (Å²) in [6.07, 6.45) is 9.45. The summed E-state index contributed by atoms with van der Waals surface area (Å²) in [7, 11) is 1.56. The highest BCUT2D eigenvalue weighted by molar-refractivity contribution is 6.08. The molecule has 1 aromatic carbocycles. The molecule has 2 aliphatic rings. The quantitative estimate of drug-likeness (QED) is 0.347. The van der Waals surface area contributed by atoms with E-state index in [2.05, 4.69) is 25.0 Å². The molecule has 2 amide bonds. The van der Waals surface area contributed by atoms with Crippen molar-refractivity contribution in [3.8, 4) is 5.75 Å². The molecule has 1 saturated carbocycles. The van der Waals surface area contributed by atoms with Crippen LogP contribution in [0.3, 0.4) is 0 Å². The fourth-order valence-corrected chi connectivity index (χ4v) is 6.10. The monoisotopic (exact) mass is 588 g/mol. The van der Waals surface area contributed by atoms with Gasteiger partial charge in [0, 0.05) is 56.6 Å². The molecule has 43 heavy (non-hydrogen) atoms. The molecular weight excluding hydrogens is 548 g/mol. The average molecular weight is 589 g/mol. The van der Waals surface area contributed by atoms with Gasteiger partial charge in [-0.05, 0) is 70.6 Å². The number of carbonyl (C=O) groups excluding carboxylic acids is 2. The van der Waals surface area contributed by atoms with Gasteiger partial charge in [-0.3, -0.25) is 14.4 Å². The summed E-state index contributed by atoms with van der Waals surface area (Å²) >= 11 is 0. The van der Waals surface area contributed by atoms with E-state index in [0.29, 0.717) is 47.8 Å². The Morgan fingerprint density at radius 2 is 1.84 bits per heavy atom. The number of hydrogen-bond acceptors (Lipinski definition) is 8. The summed E-state index contributed by atoms with van der Waals surface area (Å²) in [5.41, 5.74) is 1.41. The molecule has 1 aliphatic heterocycles. The highest BCUT2D eigenvalue weighted by atomic mass is 16.6. The van der Waals surface area contributed by atoms with Crippen molar-refractivity contribution in [3.63, 3.8) is 0 Å². The first-order chi connectivity index (χ1) is 20.7. The smallest absolute Gasteiger partial charge is 0.410 e. The van der Waals surface area contributed by atoms with E-state index in [1.807, 2.05) is 50.1 Å². The summed E-state index contributed by atoms with van der Waals surface area (Å²) in [4.78, 5) is 34.3. The highest BCUT2D eigenvalue weighted by Gasteiger charge is 2.29. The van der Waals surface area contributed by atoms with Crippen molar-refractivity contribution in [2.75, 3.05) is 45.2 Å². The van der Waals surface area contributed by atoms with Crippen LogP contribution in [0.4, 0.5) is 10.6 Å². The third-order valence-electron chi connectivity index (χ3n) is 8.34. The summed E-state index contributed by atoms with van der Waals surface area (Å²) < 4.78 is 14.8. The maximum absolute atomic E-state index is 13.3. The molecule has 0 atom stereocenters. The zero-order valence-corrected chi connectivity index (χ0v) is 25.3. The number of benzene rings is 1. The lowest BCUT2D eigenvalue weighted by molar-refractivity contribution is 0.0126. The molecule has 0 spiro atoms. The predicted octanol–water partition coefficient (Wildman–Crippen LogP) is 4.62. The number of amides is 2. The number of imidazole rings is 1. The maximum Gasteiger partial charge on any atom is 0.410 e. The maximum atomic E-state index is 13.3. The summed E-state index contributed by atoms with van der Waals surface area (Å²) in [5, 5.41) is 12.9. The van der Waals surface area contributed by atoms with Crippen molar-refractivity contribution in [1.29, 1.82) is 0 Å². The van der Waals surface area contributed by atoms with E-state index in [9.17, 15) is 9.59 Å². The number of piperazine rings is 1. The molecule has 1 N–H and O–H groups in total. The predicted molar refractivity (Wildman–Crippen MR) is 162 cm³/mol. The Morgan fingerprint density at radius 1 is 1.07 bits per heavy atom. The zero-order chi connectivity index (χ0) is 30.1. The molecule has 1 saturated heterocycles. The second-order valence-corrected chi connectivity index (χ2v) is 12.6. The number of ether oxygens (including phenoxy) is 2. The van der Waals surface area contributed by atoms with Crippen molar-refractivity contribution in [1.82, 2.24) is 34.2 Å². The molecule has 12 nitrogen and oxygen atoms in total. The van der Waals surface area contributed by atoms with E-state index in [1.165, 1.54) is 0 Å². The second-order valence-electron chi connectivity index (χ2n) is 12.6. The zero-order valence-electron chi connectivity index (χ0n) is 25.3. The van der Waals surface area contributed by atoms with E-state index in [0.717, 1.165) is 56.2 Å². The molecule has 0 bridgehead atoms. The lowest BCUT2D eigenvalue weighted by Gasteiger charge is -2.38. The van der Waals surface area contributed by atoms with Gasteiger partial charge in [-0.15, -0.1) is 0 Å². The van der Waals surface area contributed by atoms with Crippen LogP contribution in [0, 0.1) is 5.92 Å². The summed E-state index contributed by atoms with van der Waals surface area (Å²) in [6.45, 7) is 9.96. The van der Waals surface area contributed by atoms with Crippen LogP contribution in [0.15, 0.2) is 42.9 Å². The van der Waals surface area contributed by atoms with Gasteiger partial charge >= 0.3 is 6.09 Å². The van der Waals surface area contributed by atoms with Crippen molar-refractivity contribution < 1.29 is 19.1 Å². The van der Waals surface area contributed by atoms with E-state index < -0.39 is 5.60 Å².